The Kier molecular flexibility index (Phi) is 4.60. The second-order valence-corrected chi connectivity index (χ2v) is 6.40. The van der Waals surface area contributed by atoms with E-state index in [0.717, 1.165) is 27.1 Å². The molecule has 0 radical (unpaired) electrons. The Balaban J connectivity index is 1.87. The van der Waals surface area contributed by atoms with Crippen LogP contribution in [0.15, 0.2) is 90.6 Å². The van der Waals surface area contributed by atoms with Gasteiger partial charge in [-0.1, -0.05) is 66.7 Å². The minimum Gasteiger partial charge on any atom is -0.543 e. The van der Waals surface area contributed by atoms with Gasteiger partial charge >= 0.3 is 0 Å². The first-order valence-corrected chi connectivity index (χ1v) is 8.83. The van der Waals surface area contributed by atoms with Gasteiger partial charge < -0.3 is 15.2 Å². The van der Waals surface area contributed by atoms with Gasteiger partial charge in [0.15, 0.2) is 0 Å². The molecule has 4 aromatic rings. The number of aliphatic carboxylic acids is 1. The number of carboxylic acid groups (broad SMARTS) is 1. The third-order valence-electron chi connectivity index (χ3n) is 4.61. The van der Waals surface area contributed by atoms with E-state index in [1.165, 1.54) is 6.08 Å². The number of nitrogens with one attached hydrogen (secondary N) is 1. The van der Waals surface area contributed by atoms with Crippen molar-refractivity contribution in [3.05, 3.63) is 102 Å². The van der Waals surface area contributed by atoms with Crippen molar-refractivity contribution in [2.24, 2.45) is 0 Å². The second kappa shape index (κ2) is 7.37. The summed E-state index contributed by atoms with van der Waals surface area (Å²) in [6.45, 7) is 0. The molecule has 0 bridgehead atoms. The van der Waals surface area contributed by atoms with Gasteiger partial charge in [-0.2, -0.15) is 0 Å². The maximum atomic E-state index is 12.4. The van der Waals surface area contributed by atoms with Crippen LogP contribution in [0.5, 0.6) is 0 Å². The Morgan fingerprint density at radius 2 is 1.29 bits per heavy atom. The van der Waals surface area contributed by atoms with Crippen molar-refractivity contribution in [1.82, 2.24) is 5.32 Å². The van der Waals surface area contributed by atoms with Crippen LogP contribution >= 0.6 is 0 Å². The summed E-state index contributed by atoms with van der Waals surface area (Å²) in [7, 11) is 0. The molecule has 0 saturated carbocycles. The maximum absolute atomic E-state index is 12.4. The minimum absolute atomic E-state index is 0.282. The third-order valence-corrected chi connectivity index (χ3v) is 4.61. The summed E-state index contributed by atoms with van der Waals surface area (Å²) in [5, 5.41) is 18.0. The fourth-order valence-electron chi connectivity index (χ4n) is 3.28. The van der Waals surface area contributed by atoms with Crippen molar-refractivity contribution in [3.63, 3.8) is 0 Å². The quantitative estimate of drug-likeness (QED) is 0.444. The van der Waals surface area contributed by atoms with Gasteiger partial charge in [-0.25, -0.2) is 0 Å². The van der Waals surface area contributed by atoms with Crippen LogP contribution in [0.25, 0.3) is 27.6 Å². The van der Waals surface area contributed by atoms with Crippen LogP contribution in [0.1, 0.15) is 15.9 Å². The van der Waals surface area contributed by atoms with Crippen molar-refractivity contribution < 1.29 is 14.7 Å². The van der Waals surface area contributed by atoms with E-state index in [4.69, 9.17) is 0 Å². The van der Waals surface area contributed by atoms with E-state index >= 15 is 0 Å². The van der Waals surface area contributed by atoms with Crippen molar-refractivity contribution in [2.45, 2.75) is 0 Å². The molecule has 0 saturated heterocycles. The Labute approximate surface area is 161 Å². The summed E-state index contributed by atoms with van der Waals surface area (Å²) in [6, 6.07) is 26.0. The first-order chi connectivity index (χ1) is 13.6. The van der Waals surface area contributed by atoms with Crippen LogP contribution in [0, 0.1) is 0 Å². The van der Waals surface area contributed by atoms with Gasteiger partial charge in [-0.05, 0) is 51.4 Å². The molecular formula is C24H16NO3-. The normalized spacial score (nSPS) is 11.5. The first kappa shape index (κ1) is 17.5. The molecule has 4 nitrogen and oxygen atoms in total. The number of fused-ring (bicyclic) bond motifs is 2. The Bertz CT molecular complexity index is 1170. The summed E-state index contributed by atoms with van der Waals surface area (Å²) in [5.74, 6) is -1.94. The lowest BCUT2D eigenvalue weighted by atomic mass is 9.96. The molecule has 4 rings (SSSR count). The zero-order valence-electron chi connectivity index (χ0n) is 14.9. The van der Waals surface area contributed by atoms with E-state index in [9.17, 15) is 14.7 Å². The Hall–Kier alpha value is -3.92. The van der Waals surface area contributed by atoms with Crippen LogP contribution in [0.4, 0.5) is 0 Å². The monoisotopic (exact) mass is 366 g/mol. The smallest absolute Gasteiger partial charge is 0.255 e. The van der Waals surface area contributed by atoms with Gasteiger partial charge in [0.1, 0.15) is 0 Å². The predicted octanol–water partition coefficient (Wildman–Crippen LogP) is 3.51. The van der Waals surface area contributed by atoms with E-state index in [1.54, 1.807) is 30.3 Å². The van der Waals surface area contributed by atoms with Gasteiger partial charge in [-0.3, -0.25) is 4.79 Å². The number of hydrogen-bond acceptors (Lipinski definition) is 3. The topological polar surface area (TPSA) is 69.2 Å². The highest BCUT2D eigenvalue weighted by Crippen LogP contribution is 2.30. The lowest BCUT2D eigenvalue weighted by molar-refractivity contribution is -0.299. The van der Waals surface area contributed by atoms with E-state index in [0.29, 0.717) is 5.56 Å². The second-order valence-electron chi connectivity index (χ2n) is 6.40. The zero-order chi connectivity index (χ0) is 19.5. The van der Waals surface area contributed by atoms with E-state index in [2.05, 4.69) is 11.4 Å². The molecule has 136 valence electrons. The molecule has 0 spiro atoms. The highest BCUT2D eigenvalue weighted by Gasteiger charge is 2.11. The maximum Gasteiger partial charge on any atom is 0.255 e. The number of hydrogen-bond donors (Lipinski definition) is 1. The molecule has 1 N–H and O–H groups in total. The van der Waals surface area contributed by atoms with Crippen LogP contribution in [0.2, 0.25) is 0 Å². The molecule has 0 aliphatic rings. The molecule has 0 aromatic heterocycles. The summed E-state index contributed by atoms with van der Waals surface area (Å²) in [4.78, 5) is 24.2. The molecule has 0 unspecified atom stereocenters. The molecule has 0 heterocycles. The van der Waals surface area contributed by atoms with Crippen molar-refractivity contribution >= 4 is 39.5 Å². The molecule has 1 amide bonds. The largest absolute Gasteiger partial charge is 0.543 e. The average Bonchev–Trinajstić information content (AvgIpc) is 2.73. The fraction of sp³-hybridized carbons (Fsp3) is 0. The van der Waals surface area contributed by atoms with E-state index in [-0.39, 0.29) is 5.70 Å². The van der Waals surface area contributed by atoms with Gasteiger partial charge in [0.05, 0.1) is 11.7 Å². The average molecular weight is 366 g/mol. The molecule has 4 aromatic carbocycles. The molecule has 0 atom stereocenters. The summed E-state index contributed by atoms with van der Waals surface area (Å²) >= 11 is 0. The van der Waals surface area contributed by atoms with Gasteiger partial charge in [0.25, 0.3) is 5.91 Å². The Morgan fingerprint density at radius 1 is 0.750 bits per heavy atom. The lowest BCUT2D eigenvalue weighted by Crippen LogP contribution is -2.35. The zero-order valence-corrected chi connectivity index (χ0v) is 14.9. The summed E-state index contributed by atoms with van der Waals surface area (Å²) in [5.41, 5.74) is 0.814. The van der Waals surface area contributed by atoms with Gasteiger partial charge in [-0.15, -0.1) is 0 Å². The molecule has 0 fully saturated rings. The lowest BCUT2D eigenvalue weighted by Gasteiger charge is -2.14. The predicted molar refractivity (Wildman–Crippen MR) is 108 cm³/mol. The van der Waals surface area contributed by atoms with Crippen LogP contribution in [-0.4, -0.2) is 11.9 Å². The fourth-order valence-corrected chi connectivity index (χ4v) is 3.28. The summed E-state index contributed by atoms with van der Waals surface area (Å²) in [6.07, 6.45) is 1.47. The Morgan fingerprint density at radius 3 is 1.86 bits per heavy atom. The number of carbonyl (C=O) groups is 2. The third kappa shape index (κ3) is 3.35. The summed E-state index contributed by atoms with van der Waals surface area (Å²) < 4.78 is 0. The first-order valence-electron chi connectivity index (χ1n) is 8.83. The molecule has 0 aliphatic carbocycles. The van der Waals surface area contributed by atoms with Gasteiger partial charge in [0, 0.05) is 5.56 Å². The molecule has 0 aliphatic heterocycles. The molecular weight excluding hydrogens is 350 g/mol. The minimum atomic E-state index is -1.44. The highest BCUT2D eigenvalue weighted by atomic mass is 16.4. The van der Waals surface area contributed by atoms with E-state index < -0.39 is 11.9 Å². The SMILES string of the molecule is O=C([O-])/C(=C\c1c2ccccc2cc2ccccc12)NC(=O)c1ccccc1. The number of carboxylic acids is 1. The van der Waals surface area contributed by atoms with Crippen LogP contribution in [-0.2, 0) is 4.79 Å². The van der Waals surface area contributed by atoms with Crippen LogP contribution < -0.4 is 10.4 Å². The van der Waals surface area contributed by atoms with Crippen molar-refractivity contribution in [3.8, 4) is 0 Å². The standard InChI is InChI=1S/C24H17NO3/c26-23(16-8-2-1-3-9-16)25-22(24(27)28)15-21-19-12-6-4-10-17(19)14-18-11-5-7-13-20(18)21/h1-15H,(H,25,26)(H,27,28)/p-1/b22-15+. The molecule has 4 heteroatoms. The number of benzene rings is 4. The van der Waals surface area contributed by atoms with Crippen LogP contribution in [0.3, 0.4) is 0 Å². The van der Waals surface area contributed by atoms with Crippen molar-refractivity contribution in [1.29, 1.82) is 0 Å². The number of carbonyl (C=O) groups excluding carboxylic acids is 2. The van der Waals surface area contributed by atoms with E-state index in [1.807, 2.05) is 48.5 Å². The number of amides is 1. The number of rotatable bonds is 4. The highest BCUT2D eigenvalue weighted by molar-refractivity contribution is 6.10. The van der Waals surface area contributed by atoms with Crippen molar-refractivity contribution in [2.75, 3.05) is 0 Å². The van der Waals surface area contributed by atoms with Gasteiger partial charge in [0.2, 0.25) is 0 Å². The molecule has 28 heavy (non-hydrogen) atoms.